The summed E-state index contributed by atoms with van der Waals surface area (Å²) in [5.41, 5.74) is 2.65. The molecule has 0 saturated heterocycles. The van der Waals surface area contributed by atoms with Crippen LogP contribution in [0.2, 0.25) is 0 Å². The van der Waals surface area contributed by atoms with E-state index in [4.69, 9.17) is 4.42 Å². The number of hydrogen-bond donors (Lipinski definition) is 2. The normalized spacial score (nSPS) is 11.0. The number of carbonyl (C=O) groups excluding carboxylic acids is 1. The van der Waals surface area contributed by atoms with Crippen LogP contribution in [0.1, 0.15) is 6.92 Å². The Bertz CT molecular complexity index is 1090. The van der Waals surface area contributed by atoms with E-state index in [1.807, 2.05) is 24.5 Å². The lowest BCUT2D eigenvalue weighted by molar-refractivity contribution is -0.114. The number of hydrogen-bond acceptors (Lipinski definition) is 7. The second-order valence-electron chi connectivity index (χ2n) is 5.44. The highest BCUT2D eigenvalue weighted by molar-refractivity contribution is 7.98. The van der Waals surface area contributed by atoms with Gasteiger partial charge in [0.05, 0.1) is 17.3 Å². The molecule has 0 atom stereocenters. The lowest BCUT2D eigenvalue weighted by atomic mass is 10.1. The van der Waals surface area contributed by atoms with E-state index in [0.717, 1.165) is 5.56 Å². The molecule has 0 aliphatic rings. The third kappa shape index (κ3) is 2.93. The first-order valence-electron chi connectivity index (χ1n) is 7.73. The molecule has 0 fully saturated rings. The van der Waals surface area contributed by atoms with Gasteiger partial charge in [0, 0.05) is 18.7 Å². The third-order valence-corrected chi connectivity index (χ3v) is 4.25. The molecule has 2 N–H and O–H groups in total. The number of fused-ring (bicyclic) bond motifs is 1. The van der Waals surface area contributed by atoms with Gasteiger partial charge in [0.2, 0.25) is 5.91 Å². The SMILES string of the molecule is CSc1nccc(-c2cc3c(NC(C)=O)n[nH]c3nc2-c2ccco2)n1. The molecule has 0 spiro atoms. The molecule has 4 aromatic heterocycles. The zero-order valence-electron chi connectivity index (χ0n) is 14.0. The van der Waals surface area contributed by atoms with E-state index in [1.165, 1.54) is 18.7 Å². The van der Waals surface area contributed by atoms with Crippen molar-refractivity contribution < 1.29 is 9.21 Å². The number of carbonyl (C=O) groups is 1. The Kier molecular flexibility index (Phi) is 4.13. The number of furan rings is 1. The lowest BCUT2D eigenvalue weighted by Crippen LogP contribution is -2.06. The Labute approximate surface area is 152 Å². The molecular weight excluding hydrogens is 352 g/mol. The van der Waals surface area contributed by atoms with E-state index >= 15 is 0 Å². The smallest absolute Gasteiger partial charge is 0.222 e. The van der Waals surface area contributed by atoms with E-state index in [-0.39, 0.29) is 5.91 Å². The van der Waals surface area contributed by atoms with E-state index in [0.29, 0.717) is 39.2 Å². The van der Waals surface area contributed by atoms with Crippen molar-refractivity contribution in [2.24, 2.45) is 0 Å². The van der Waals surface area contributed by atoms with Crippen LogP contribution in [0.25, 0.3) is 33.7 Å². The Hall–Kier alpha value is -3.20. The van der Waals surface area contributed by atoms with E-state index in [1.54, 1.807) is 18.5 Å². The van der Waals surface area contributed by atoms with Crippen LogP contribution in [0.3, 0.4) is 0 Å². The molecule has 4 aromatic rings. The van der Waals surface area contributed by atoms with Crippen molar-refractivity contribution in [2.45, 2.75) is 12.1 Å². The topological polar surface area (TPSA) is 110 Å². The van der Waals surface area contributed by atoms with Crippen LogP contribution in [0, 0.1) is 0 Å². The summed E-state index contributed by atoms with van der Waals surface area (Å²) in [6, 6.07) is 7.34. The average Bonchev–Trinajstić information content (AvgIpc) is 3.30. The fourth-order valence-corrected chi connectivity index (χ4v) is 2.95. The number of pyridine rings is 1. The molecular formula is C17H14N6O2S. The van der Waals surface area contributed by atoms with Crippen LogP contribution in [-0.2, 0) is 4.79 Å². The molecule has 0 aliphatic heterocycles. The average molecular weight is 366 g/mol. The summed E-state index contributed by atoms with van der Waals surface area (Å²) in [5, 5.41) is 11.0. The number of nitrogens with one attached hydrogen (secondary N) is 2. The highest BCUT2D eigenvalue weighted by atomic mass is 32.2. The minimum absolute atomic E-state index is 0.207. The fraction of sp³-hybridized carbons (Fsp3) is 0.118. The van der Waals surface area contributed by atoms with Crippen LogP contribution in [0.15, 0.2) is 46.3 Å². The number of amides is 1. The van der Waals surface area contributed by atoms with Gasteiger partial charge in [0.1, 0.15) is 5.69 Å². The van der Waals surface area contributed by atoms with Gasteiger partial charge in [0.15, 0.2) is 22.4 Å². The van der Waals surface area contributed by atoms with Gasteiger partial charge in [-0.25, -0.2) is 15.0 Å². The maximum absolute atomic E-state index is 11.4. The summed E-state index contributed by atoms with van der Waals surface area (Å²) in [4.78, 5) is 24.9. The van der Waals surface area contributed by atoms with Gasteiger partial charge in [-0.1, -0.05) is 11.8 Å². The Balaban J connectivity index is 1.97. The van der Waals surface area contributed by atoms with Crippen molar-refractivity contribution in [3.63, 3.8) is 0 Å². The number of thioether (sulfide) groups is 1. The highest BCUT2D eigenvalue weighted by Gasteiger charge is 2.18. The maximum atomic E-state index is 11.4. The molecule has 0 unspecified atom stereocenters. The van der Waals surface area contributed by atoms with Crippen molar-refractivity contribution in [1.82, 2.24) is 25.1 Å². The summed E-state index contributed by atoms with van der Waals surface area (Å²) in [5.74, 6) is 0.829. The van der Waals surface area contributed by atoms with Crippen molar-refractivity contribution in [3.8, 4) is 22.7 Å². The quantitative estimate of drug-likeness (QED) is 0.421. The molecule has 1 amide bonds. The number of aromatic amines is 1. The molecule has 0 bridgehead atoms. The van der Waals surface area contributed by atoms with E-state index in [2.05, 4.69) is 30.5 Å². The van der Waals surface area contributed by atoms with Crippen molar-refractivity contribution in [2.75, 3.05) is 11.6 Å². The molecule has 4 heterocycles. The summed E-state index contributed by atoms with van der Waals surface area (Å²) in [6.45, 7) is 1.43. The Morgan fingerprint density at radius 3 is 2.92 bits per heavy atom. The number of rotatable bonds is 4. The van der Waals surface area contributed by atoms with Crippen LogP contribution in [-0.4, -0.2) is 37.3 Å². The van der Waals surface area contributed by atoms with Crippen molar-refractivity contribution >= 4 is 34.5 Å². The first kappa shape index (κ1) is 16.3. The van der Waals surface area contributed by atoms with Gasteiger partial charge in [-0.05, 0) is 30.5 Å². The molecule has 0 aliphatic carbocycles. The van der Waals surface area contributed by atoms with E-state index in [9.17, 15) is 4.79 Å². The molecule has 26 heavy (non-hydrogen) atoms. The number of nitrogens with zero attached hydrogens (tertiary/aromatic N) is 4. The van der Waals surface area contributed by atoms with Gasteiger partial charge in [0.25, 0.3) is 0 Å². The highest BCUT2D eigenvalue weighted by Crippen LogP contribution is 2.34. The zero-order valence-corrected chi connectivity index (χ0v) is 14.8. The van der Waals surface area contributed by atoms with Crippen LogP contribution >= 0.6 is 11.8 Å². The predicted molar refractivity (Wildman–Crippen MR) is 98.7 cm³/mol. The summed E-state index contributed by atoms with van der Waals surface area (Å²) < 4.78 is 5.54. The summed E-state index contributed by atoms with van der Waals surface area (Å²) in [7, 11) is 0. The van der Waals surface area contributed by atoms with Crippen molar-refractivity contribution in [1.29, 1.82) is 0 Å². The molecule has 9 heteroatoms. The molecule has 130 valence electrons. The van der Waals surface area contributed by atoms with Gasteiger partial charge >= 0.3 is 0 Å². The summed E-state index contributed by atoms with van der Waals surface area (Å²) in [6.07, 6.45) is 5.21. The number of aromatic nitrogens is 5. The molecule has 0 saturated carbocycles. The van der Waals surface area contributed by atoms with E-state index < -0.39 is 0 Å². The maximum Gasteiger partial charge on any atom is 0.222 e. The second-order valence-corrected chi connectivity index (χ2v) is 6.21. The Morgan fingerprint density at radius 1 is 1.31 bits per heavy atom. The standard InChI is InChI=1S/C17H14N6O2S/c1-9(24)19-15-11-8-10(12-5-6-18-17(20-12)26-2)14(13-4-3-7-25-13)21-16(11)23-22-15/h3-8H,1-2H3,(H2,19,21,22,23,24). The largest absolute Gasteiger partial charge is 0.463 e. The minimum atomic E-state index is -0.207. The Morgan fingerprint density at radius 2 is 2.19 bits per heavy atom. The molecule has 0 radical (unpaired) electrons. The summed E-state index contributed by atoms with van der Waals surface area (Å²) >= 11 is 1.46. The zero-order chi connectivity index (χ0) is 18.1. The van der Waals surface area contributed by atoms with Gasteiger partial charge in [-0.3, -0.25) is 9.89 Å². The third-order valence-electron chi connectivity index (χ3n) is 3.69. The van der Waals surface area contributed by atoms with Gasteiger partial charge in [-0.2, -0.15) is 5.10 Å². The minimum Gasteiger partial charge on any atom is -0.463 e. The number of H-pyrrole nitrogens is 1. The van der Waals surface area contributed by atoms with Crippen LogP contribution in [0.5, 0.6) is 0 Å². The fourth-order valence-electron chi connectivity index (χ4n) is 2.60. The van der Waals surface area contributed by atoms with Crippen LogP contribution in [0.4, 0.5) is 5.82 Å². The molecule has 4 rings (SSSR count). The first-order valence-corrected chi connectivity index (χ1v) is 8.96. The lowest BCUT2D eigenvalue weighted by Gasteiger charge is -2.08. The molecule has 8 nitrogen and oxygen atoms in total. The predicted octanol–water partition coefficient (Wildman–Crippen LogP) is 3.36. The first-order chi connectivity index (χ1) is 12.7. The monoisotopic (exact) mass is 366 g/mol. The van der Waals surface area contributed by atoms with Crippen LogP contribution < -0.4 is 5.32 Å². The van der Waals surface area contributed by atoms with Crippen molar-refractivity contribution in [3.05, 3.63) is 36.7 Å². The molecule has 0 aromatic carbocycles. The number of anilines is 1. The second kappa shape index (κ2) is 6.60. The van der Waals surface area contributed by atoms with Gasteiger partial charge in [-0.15, -0.1) is 0 Å². The van der Waals surface area contributed by atoms with Gasteiger partial charge < -0.3 is 9.73 Å².